The fourth-order valence-electron chi connectivity index (χ4n) is 4.78. The summed E-state index contributed by atoms with van der Waals surface area (Å²) in [6.45, 7) is 7.22. The SMILES string of the molecule is CC(CO)CC(=O)OC(C)Cc1cc(O)cc(O)c1C(=O)OC(C)CC(=O)OC(C)Cc1cc(O)cc(O)c1C(=O)OC(C)CC(=O)O. The summed E-state index contributed by atoms with van der Waals surface area (Å²) in [5, 5.41) is 58.8. The Morgan fingerprint density at radius 2 is 0.979 bits per heavy atom. The van der Waals surface area contributed by atoms with Gasteiger partial charge in [-0.15, -0.1) is 0 Å². The smallest absolute Gasteiger partial charge is 0.342 e. The first-order chi connectivity index (χ1) is 22.4. The number of carbonyl (C=O) groups excluding carboxylic acids is 4. The van der Waals surface area contributed by atoms with E-state index in [1.54, 1.807) is 13.8 Å². The summed E-state index contributed by atoms with van der Waals surface area (Å²) >= 11 is 0. The second-order valence-electron chi connectivity index (χ2n) is 11.7. The number of aliphatic hydroxyl groups excluding tert-OH is 1. The van der Waals surface area contributed by atoms with Crippen LogP contribution < -0.4 is 0 Å². The van der Waals surface area contributed by atoms with Crippen LogP contribution in [0, 0.1) is 5.92 Å². The Labute approximate surface area is 276 Å². The highest BCUT2D eigenvalue weighted by atomic mass is 16.6. The van der Waals surface area contributed by atoms with Crippen LogP contribution in [0.2, 0.25) is 0 Å². The van der Waals surface area contributed by atoms with Crippen molar-refractivity contribution in [2.45, 2.75) is 91.1 Å². The van der Waals surface area contributed by atoms with Crippen LogP contribution in [0.5, 0.6) is 23.0 Å². The number of aromatic hydroxyl groups is 4. The zero-order valence-electron chi connectivity index (χ0n) is 27.3. The number of phenolic OH excluding ortho intramolecular Hbond substituents is 4. The molecule has 5 unspecified atom stereocenters. The number of esters is 4. The van der Waals surface area contributed by atoms with Gasteiger partial charge in [-0.3, -0.25) is 14.4 Å². The van der Waals surface area contributed by atoms with Gasteiger partial charge in [0.1, 0.15) is 58.5 Å². The van der Waals surface area contributed by atoms with Gasteiger partial charge in [0.25, 0.3) is 0 Å². The normalized spacial score (nSPS) is 14.1. The lowest BCUT2D eigenvalue weighted by Crippen LogP contribution is -2.25. The Balaban J connectivity index is 2.07. The summed E-state index contributed by atoms with van der Waals surface area (Å²) in [4.78, 5) is 61.5. The quantitative estimate of drug-likeness (QED) is 0.104. The second-order valence-corrected chi connectivity index (χ2v) is 11.7. The van der Waals surface area contributed by atoms with E-state index in [1.165, 1.54) is 26.8 Å². The number of carboxylic acid groups (broad SMARTS) is 1. The molecule has 0 aliphatic heterocycles. The molecule has 0 saturated carbocycles. The van der Waals surface area contributed by atoms with Crippen molar-refractivity contribution in [1.29, 1.82) is 0 Å². The topological polar surface area (TPSA) is 244 Å². The van der Waals surface area contributed by atoms with Gasteiger partial charge in [-0.2, -0.15) is 0 Å². The highest BCUT2D eigenvalue weighted by Gasteiger charge is 2.27. The molecule has 0 fully saturated rings. The first-order valence-electron chi connectivity index (χ1n) is 15.1. The molecule has 0 aliphatic carbocycles. The van der Waals surface area contributed by atoms with E-state index in [1.807, 2.05) is 0 Å². The van der Waals surface area contributed by atoms with Gasteiger partial charge in [0, 0.05) is 31.6 Å². The third kappa shape index (κ3) is 12.3. The van der Waals surface area contributed by atoms with Crippen LogP contribution in [-0.4, -0.2) is 91.5 Å². The maximum absolute atomic E-state index is 13.1. The summed E-state index contributed by atoms with van der Waals surface area (Å²) < 4.78 is 21.2. The van der Waals surface area contributed by atoms with Crippen molar-refractivity contribution in [3.63, 3.8) is 0 Å². The fraction of sp³-hybridized carbons (Fsp3) is 0.485. The third-order valence-corrected chi connectivity index (χ3v) is 6.82. The molecule has 0 spiro atoms. The van der Waals surface area contributed by atoms with E-state index in [0.29, 0.717) is 0 Å². The Bertz CT molecular complexity index is 1480. The zero-order chi connectivity index (χ0) is 36.3. The molecule has 15 nitrogen and oxygen atoms in total. The van der Waals surface area contributed by atoms with E-state index in [2.05, 4.69) is 0 Å². The van der Waals surface area contributed by atoms with Gasteiger partial charge in [-0.25, -0.2) is 9.59 Å². The molecule has 0 bridgehead atoms. The molecule has 6 N–H and O–H groups in total. The number of carboxylic acids is 1. The van der Waals surface area contributed by atoms with Gasteiger partial charge < -0.3 is 49.6 Å². The van der Waals surface area contributed by atoms with Crippen molar-refractivity contribution in [2.24, 2.45) is 5.92 Å². The van der Waals surface area contributed by atoms with E-state index in [9.17, 15) is 44.4 Å². The van der Waals surface area contributed by atoms with E-state index in [-0.39, 0.29) is 59.8 Å². The number of rotatable bonds is 17. The van der Waals surface area contributed by atoms with Crippen molar-refractivity contribution in [3.8, 4) is 23.0 Å². The molecule has 0 aromatic heterocycles. The molecule has 5 atom stereocenters. The molecule has 0 saturated heterocycles. The minimum atomic E-state index is -1.20. The summed E-state index contributed by atoms with van der Waals surface area (Å²) in [7, 11) is 0. The molecule has 0 heterocycles. The van der Waals surface area contributed by atoms with Crippen LogP contribution in [-0.2, 0) is 46.2 Å². The van der Waals surface area contributed by atoms with Gasteiger partial charge in [0.2, 0.25) is 0 Å². The van der Waals surface area contributed by atoms with Gasteiger partial charge in [0.15, 0.2) is 0 Å². The van der Waals surface area contributed by atoms with E-state index in [4.69, 9.17) is 29.2 Å². The predicted octanol–water partition coefficient (Wildman–Crippen LogP) is 3.13. The van der Waals surface area contributed by atoms with E-state index in [0.717, 1.165) is 18.2 Å². The molecular formula is C33H42O15. The van der Waals surface area contributed by atoms with Gasteiger partial charge >= 0.3 is 29.8 Å². The maximum atomic E-state index is 13.1. The number of carbonyl (C=O) groups is 5. The number of aliphatic hydroxyl groups is 1. The van der Waals surface area contributed by atoms with Crippen LogP contribution >= 0.6 is 0 Å². The van der Waals surface area contributed by atoms with Gasteiger partial charge in [-0.05, 0) is 56.9 Å². The highest BCUT2D eigenvalue weighted by Crippen LogP contribution is 2.31. The van der Waals surface area contributed by atoms with E-state index < -0.39 is 84.4 Å². The molecule has 48 heavy (non-hydrogen) atoms. The van der Waals surface area contributed by atoms with Crippen molar-refractivity contribution in [1.82, 2.24) is 0 Å². The summed E-state index contributed by atoms with van der Waals surface area (Å²) in [6, 6.07) is 4.19. The molecule has 2 aromatic rings. The second kappa shape index (κ2) is 17.8. The molecule has 2 rings (SSSR count). The van der Waals surface area contributed by atoms with Crippen molar-refractivity contribution in [3.05, 3.63) is 46.5 Å². The average Bonchev–Trinajstić information content (AvgIpc) is 2.90. The summed E-state index contributed by atoms with van der Waals surface area (Å²) in [5.41, 5.74) is -0.493. The number of aliphatic carboxylic acids is 1. The van der Waals surface area contributed by atoms with Crippen LogP contribution in [0.25, 0.3) is 0 Å². The first-order valence-corrected chi connectivity index (χ1v) is 15.1. The molecule has 0 amide bonds. The zero-order valence-corrected chi connectivity index (χ0v) is 27.3. The Hall–Kier alpha value is -5.05. The molecular weight excluding hydrogens is 636 g/mol. The van der Waals surface area contributed by atoms with Gasteiger partial charge in [0.05, 0.1) is 19.3 Å². The number of benzene rings is 2. The van der Waals surface area contributed by atoms with E-state index >= 15 is 0 Å². The van der Waals surface area contributed by atoms with Crippen LogP contribution in [0.3, 0.4) is 0 Å². The molecule has 0 radical (unpaired) electrons. The van der Waals surface area contributed by atoms with Crippen molar-refractivity contribution >= 4 is 29.8 Å². The number of phenols is 4. The number of ether oxygens (including phenoxy) is 4. The lowest BCUT2D eigenvalue weighted by Gasteiger charge is -2.20. The molecule has 15 heteroatoms. The number of hydrogen-bond acceptors (Lipinski definition) is 14. The summed E-state index contributed by atoms with van der Waals surface area (Å²) in [5.74, 6) is -6.98. The maximum Gasteiger partial charge on any atom is 0.342 e. The van der Waals surface area contributed by atoms with Crippen LogP contribution in [0.15, 0.2) is 24.3 Å². The minimum Gasteiger partial charge on any atom is -0.508 e. The average molecular weight is 679 g/mol. The van der Waals surface area contributed by atoms with Crippen LogP contribution in [0.4, 0.5) is 0 Å². The number of hydrogen-bond donors (Lipinski definition) is 6. The Kier molecular flexibility index (Phi) is 14.5. The Morgan fingerprint density at radius 1 is 0.583 bits per heavy atom. The van der Waals surface area contributed by atoms with Crippen LogP contribution in [0.1, 0.15) is 85.7 Å². The predicted molar refractivity (Wildman–Crippen MR) is 166 cm³/mol. The minimum absolute atomic E-state index is 0.0366. The largest absolute Gasteiger partial charge is 0.508 e. The molecule has 0 aliphatic rings. The fourth-order valence-corrected chi connectivity index (χ4v) is 4.78. The molecule has 2 aromatic carbocycles. The lowest BCUT2D eigenvalue weighted by molar-refractivity contribution is -0.150. The summed E-state index contributed by atoms with van der Waals surface area (Å²) in [6.07, 6.45) is -5.02. The Morgan fingerprint density at radius 3 is 1.38 bits per heavy atom. The highest BCUT2D eigenvalue weighted by molar-refractivity contribution is 5.95. The standard InChI is InChI=1S/C33H42O15/c1-16(15-34)6-28(41)45-17(2)7-21-11-23(35)14-26(38)31(21)33(44)48-20(5)10-29(42)46-18(3)8-22-12-24(36)13-25(37)30(22)32(43)47-19(4)9-27(39)40/h11-14,16-20,34-38H,6-10,15H2,1-5H3,(H,39,40). The molecule has 264 valence electrons. The van der Waals surface area contributed by atoms with Crippen molar-refractivity contribution < 1.29 is 73.6 Å². The lowest BCUT2D eigenvalue weighted by atomic mass is 10.00. The monoisotopic (exact) mass is 678 g/mol. The van der Waals surface area contributed by atoms with Gasteiger partial charge in [-0.1, -0.05) is 6.92 Å². The third-order valence-electron chi connectivity index (χ3n) is 6.82. The van der Waals surface area contributed by atoms with Crippen molar-refractivity contribution in [2.75, 3.05) is 6.61 Å². The first kappa shape index (κ1) is 39.1.